The molecular formula is C10H15FN4O. The van der Waals surface area contributed by atoms with Crippen LogP contribution >= 0.6 is 0 Å². The molecule has 0 bridgehead atoms. The summed E-state index contributed by atoms with van der Waals surface area (Å²) in [5.41, 5.74) is -0.409. The van der Waals surface area contributed by atoms with Crippen molar-refractivity contribution in [2.24, 2.45) is 0 Å². The monoisotopic (exact) mass is 226 g/mol. The summed E-state index contributed by atoms with van der Waals surface area (Å²) in [5.74, 6) is 0.620. The van der Waals surface area contributed by atoms with Gasteiger partial charge in [0, 0.05) is 0 Å². The Bertz CT molecular complexity index is 364. The van der Waals surface area contributed by atoms with Gasteiger partial charge in [-0.15, -0.1) is 0 Å². The number of rotatable bonds is 3. The fraction of sp³-hybridized carbons (Fsp3) is 0.500. The van der Waals surface area contributed by atoms with Gasteiger partial charge in [-0.25, -0.2) is 19.2 Å². The van der Waals surface area contributed by atoms with E-state index in [2.05, 4.69) is 20.6 Å². The third-order valence-corrected chi connectivity index (χ3v) is 1.82. The Balaban J connectivity index is 2.55. The zero-order valence-electron chi connectivity index (χ0n) is 9.54. The molecule has 1 aromatic heterocycles. The van der Waals surface area contributed by atoms with Crippen molar-refractivity contribution in [3.63, 3.8) is 0 Å². The standard InChI is InChI=1S/C10H15FN4O/c1-7-12-4-8(5-13-7)14-9(16)15-10(2,3)6-11/h4-5H,6H2,1-3H3,(H2,14,15,16). The summed E-state index contributed by atoms with van der Waals surface area (Å²) < 4.78 is 12.5. The van der Waals surface area contributed by atoms with E-state index in [1.807, 2.05) is 0 Å². The molecule has 0 saturated heterocycles. The van der Waals surface area contributed by atoms with Crippen molar-refractivity contribution in [2.75, 3.05) is 12.0 Å². The molecule has 0 unspecified atom stereocenters. The van der Waals surface area contributed by atoms with Crippen LogP contribution in [0.25, 0.3) is 0 Å². The Hall–Kier alpha value is -1.72. The zero-order valence-corrected chi connectivity index (χ0v) is 9.54. The number of aromatic nitrogens is 2. The van der Waals surface area contributed by atoms with Crippen LogP contribution in [0.15, 0.2) is 12.4 Å². The maximum Gasteiger partial charge on any atom is 0.319 e. The number of hydrogen-bond acceptors (Lipinski definition) is 3. The molecule has 0 saturated carbocycles. The highest BCUT2D eigenvalue weighted by Crippen LogP contribution is 2.05. The van der Waals surface area contributed by atoms with Crippen molar-refractivity contribution in [1.29, 1.82) is 0 Å². The highest BCUT2D eigenvalue weighted by Gasteiger charge is 2.19. The molecule has 0 aliphatic carbocycles. The molecule has 1 heterocycles. The highest BCUT2D eigenvalue weighted by atomic mass is 19.1. The first-order chi connectivity index (χ1) is 7.43. The Morgan fingerprint density at radius 2 is 2.00 bits per heavy atom. The third kappa shape index (κ3) is 3.80. The molecule has 0 radical (unpaired) electrons. The predicted molar refractivity (Wildman–Crippen MR) is 59.0 cm³/mol. The van der Waals surface area contributed by atoms with Crippen molar-refractivity contribution >= 4 is 11.7 Å². The van der Waals surface area contributed by atoms with Crippen LogP contribution < -0.4 is 10.6 Å². The van der Waals surface area contributed by atoms with E-state index in [1.54, 1.807) is 20.8 Å². The molecule has 16 heavy (non-hydrogen) atoms. The summed E-state index contributed by atoms with van der Waals surface area (Å²) in [6, 6.07) is -0.477. The summed E-state index contributed by atoms with van der Waals surface area (Å²) in [6.07, 6.45) is 2.98. The van der Waals surface area contributed by atoms with Gasteiger partial charge >= 0.3 is 6.03 Å². The Kier molecular flexibility index (Phi) is 3.76. The molecule has 5 nitrogen and oxygen atoms in total. The van der Waals surface area contributed by atoms with Gasteiger partial charge in [0.25, 0.3) is 0 Å². The number of nitrogens with one attached hydrogen (secondary N) is 2. The van der Waals surface area contributed by atoms with E-state index in [9.17, 15) is 9.18 Å². The number of carbonyl (C=O) groups excluding carboxylic acids is 1. The maximum atomic E-state index is 12.5. The van der Waals surface area contributed by atoms with Crippen LogP contribution in [0.4, 0.5) is 14.9 Å². The third-order valence-electron chi connectivity index (χ3n) is 1.82. The molecule has 2 N–H and O–H groups in total. The van der Waals surface area contributed by atoms with Gasteiger partial charge in [0.05, 0.1) is 23.6 Å². The quantitative estimate of drug-likeness (QED) is 0.823. The van der Waals surface area contributed by atoms with Crippen LogP contribution in [0.1, 0.15) is 19.7 Å². The number of nitrogens with zero attached hydrogens (tertiary/aromatic N) is 2. The minimum absolute atomic E-state index is 0.470. The highest BCUT2D eigenvalue weighted by molar-refractivity contribution is 5.89. The van der Waals surface area contributed by atoms with Gasteiger partial charge in [-0.05, 0) is 20.8 Å². The zero-order chi connectivity index (χ0) is 12.2. The smallest absolute Gasteiger partial charge is 0.319 e. The fourth-order valence-electron chi connectivity index (χ4n) is 0.960. The van der Waals surface area contributed by atoms with Crippen molar-refractivity contribution < 1.29 is 9.18 Å². The summed E-state index contributed by atoms with van der Waals surface area (Å²) >= 11 is 0. The van der Waals surface area contributed by atoms with E-state index in [-0.39, 0.29) is 0 Å². The van der Waals surface area contributed by atoms with Crippen molar-refractivity contribution in [3.05, 3.63) is 18.2 Å². The number of aryl methyl sites for hydroxylation is 1. The molecule has 1 aromatic rings. The second kappa shape index (κ2) is 4.87. The van der Waals surface area contributed by atoms with Crippen LogP contribution in [0, 0.1) is 6.92 Å². The van der Waals surface area contributed by atoms with Gasteiger partial charge in [-0.2, -0.15) is 0 Å². The molecule has 0 spiro atoms. The van der Waals surface area contributed by atoms with E-state index in [4.69, 9.17) is 0 Å². The van der Waals surface area contributed by atoms with E-state index in [0.29, 0.717) is 11.5 Å². The number of halogens is 1. The van der Waals surface area contributed by atoms with Crippen LogP contribution in [-0.2, 0) is 0 Å². The van der Waals surface area contributed by atoms with Crippen molar-refractivity contribution in [3.8, 4) is 0 Å². The van der Waals surface area contributed by atoms with Gasteiger partial charge in [-0.3, -0.25) is 0 Å². The first-order valence-electron chi connectivity index (χ1n) is 4.87. The number of hydrogen-bond donors (Lipinski definition) is 2. The molecule has 0 atom stereocenters. The Labute approximate surface area is 93.5 Å². The van der Waals surface area contributed by atoms with Crippen LogP contribution in [-0.4, -0.2) is 28.2 Å². The van der Waals surface area contributed by atoms with E-state index in [1.165, 1.54) is 12.4 Å². The fourth-order valence-corrected chi connectivity index (χ4v) is 0.960. The topological polar surface area (TPSA) is 66.9 Å². The minimum atomic E-state index is -0.879. The minimum Gasteiger partial charge on any atom is -0.330 e. The SMILES string of the molecule is Cc1ncc(NC(=O)NC(C)(C)CF)cn1. The summed E-state index contributed by atoms with van der Waals surface area (Å²) in [6.45, 7) is 4.30. The first-order valence-corrected chi connectivity index (χ1v) is 4.87. The number of urea groups is 1. The normalized spacial score (nSPS) is 11.0. The van der Waals surface area contributed by atoms with Gasteiger partial charge in [0.1, 0.15) is 12.5 Å². The van der Waals surface area contributed by atoms with E-state index in [0.717, 1.165) is 0 Å². The van der Waals surface area contributed by atoms with Gasteiger partial charge in [0.15, 0.2) is 0 Å². The lowest BCUT2D eigenvalue weighted by molar-refractivity contribution is 0.232. The van der Waals surface area contributed by atoms with Crippen molar-refractivity contribution in [2.45, 2.75) is 26.3 Å². The molecule has 0 aliphatic rings. The number of alkyl halides is 1. The number of amides is 2. The Morgan fingerprint density at radius 3 is 2.50 bits per heavy atom. The molecule has 6 heteroatoms. The second-order valence-corrected chi connectivity index (χ2v) is 4.12. The Morgan fingerprint density at radius 1 is 1.44 bits per heavy atom. The second-order valence-electron chi connectivity index (χ2n) is 4.12. The largest absolute Gasteiger partial charge is 0.330 e. The lowest BCUT2D eigenvalue weighted by Crippen LogP contribution is -2.47. The average molecular weight is 226 g/mol. The van der Waals surface area contributed by atoms with Crippen LogP contribution in [0.3, 0.4) is 0 Å². The van der Waals surface area contributed by atoms with Gasteiger partial charge < -0.3 is 10.6 Å². The molecular weight excluding hydrogens is 211 g/mol. The average Bonchev–Trinajstić information content (AvgIpc) is 2.21. The first kappa shape index (κ1) is 12.4. The van der Waals surface area contributed by atoms with Crippen LogP contribution in [0.5, 0.6) is 0 Å². The number of carbonyl (C=O) groups is 1. The summed E-state index contributed by atoms with van der Waals surface area (Å²) in [7, 11) is 0. The molecule has 0 fully saturated rings. The van der Waals surface area contributed by atoms with E-state index >= 15 is 0 Å². The predicted octanol–water partition coefficient (Wildman–Crippen LogP) is 1.65. The van der Waals surface area contributed by atoms with Gasteiger partial charge in [-0.1, -0.05) is 0 Å². The molecule has 1 rings (SSSR count). The van der Waals surface area contributed by atoms with Crippen LogP contribution in [0.2, 0.25) is 0 Å². The molecule has 0 aliphatic heterocycles. The van der Waals surface area contributed by atoms with Crippen molar-refractivity contribution in [1.82, 2.24) is 15.3 Å². The molecule has 2 amide bonds. The van der Waals surface area contributed by atoms with E-state index < -0.39 is 18.2 Å². The number of anilines is 1. The van der Waals surface area contributed by atoms with Gasteiger partial charge in [0.2, 0.25) is 0 Å². The molecule has 0 aromatic carbocycles. The summed E-state index contributed by atoms with van der Waals surface area (Å²) in [4.78, 5) is 19.3. The molecule has 88 valence electrons. The lowest BCUT2D eigenvalue weighted by Gasteiger charge is -2.22. The lowest BCUT2D eigenvalue weighted by atomic mass is 10.1. The maximum absolute atomic E-state index is 12.5. The summed E-state index contributed by atoms with van der Waals surface area (Å²) in [5, 5.41) is 5.01.